The van der Waals surface area contributed by atoms with E-state index in [4.69, 9.17) is 4.74 Å². The van der Waals surface area contributed by atoms with Crippen LogP contribution in [0.4, 0.5) is 8.78 Å². The average molecular weight is 551 g/mol. The standard InChI is InChI=1S/C35H32F2N2O2/c1-38-17-15-25(16-18-38)23-41-30-13-11-26-19-24(9-10-27(26)20-30)5-4-8-34(32-21-29(36)12-14-33(32)37)39-22-28-6-2-3-7-31(28)35(39)40/h2-3,6-7,9-14,19-21,25,34H,8,15-18,22-23H2,1H3. The summed E-state index contributed by atoms with van der Waals surface area (Å²) in [5.74, 6) is 6.48. The summed E-state index contributed by atoms with van der Waals surface area (Å²) < 4.78 is 35.2. The van der Waals surface area contributed by atoms with Gasteiger partial charge in [-0.1, -0.05) is 42.2 Å². The third-order valence-corrected chi connectivity index (χ3v) is 8.21. The molecule has 0 radical (unpaired) electrons. The van der Waals surface area contributed by atoms with Crippen molar-refractivity contribution < 1.29 is 18.3 Å². The second kappa shape index (κ2) is 11.7. The van der Waals surface area contributed by atoms with Crippen molar-refractivity contribution in [2.24, 2.45) is 5.92 Å². The SMILES string of the molecule is CN1CCC(COc2ccc3cc(C#CCC(c4cc(F)ccc4F)N4Cc5ccccc5C4=O)ccc3c2)CC1. The number of halogens is 2. The van der Waals surface area contributed by atoms with Gasteiger partial charge < -0.3 is 14.5 Å². The van der Waals surface area contributed by atoms with Crippen molar-refractivity contribution in [3.63, 3.8) is 0 Å². The quantitative estimate of drug-likeness (QED) is 0.243. The number of nitrogens with zero attached hydrogens (tertiary/aromatic N) is 2. The summed E-state index contributed by atoms with van der Waals surface area (Å²) in [5, 5.41) is 2.11. The van der Waals surface area contributed by atoms with E-state index in [0.29, 0.717) is 18.0 Å². The van der Waals surface area contributed by atoms with Crippen LogP contribution in [-0.2, 0) is 6.54 Å². The molecule has 4 aromatic rings. The van der Waals surface area contributed by atoms with E-state index in [9.17, 15) is 13.6 Å². The van der Waals surface area contributed by atoms with Gasteiger partial charge in [0.2, 0.25) is 0 Å². The lowest BCUT2D eigenvalue weighted by Crippen LogP contribution is -2.32. The Morgan fingerprint density at radius 2 is 1.73 bits per heavy atom. The molecule has 6 rings (SSSR count). The van der Waals surface area contributed by atoms with Crippen LogP contribution in [-0.4, -0.2) is 42.5 Å². The maximum absolute atomic E-state index is 14.9. The van der Waals surface area contributed by atoms with E-state index >= 15 is 0 Å². The molecular weight excluding hydrogens is 518 g/mol. The maximum Gasteiger partial charge on any atom is 0.255 e. The van der Waals surface area contributed by atoms with E-state index in [1.165, 1.54) is 6.07 Å². The van der Waals surface area contributed by atoms with Gasteiger partial charge in [0.1, 0.15) is 17.4 Å². The van der Waals surface area contributed by atoms with E-state index in [-0.39, 0.29) is 17.9 Å². The number of hydrogen-bond donors (Lipinski definition) is 0. The molecule has 4 nitrogen and oxygen atoms in total. The molecule has 2 aliphatic rings. The molecule has 1 saturated heterocycles. The number of ether oxygens (including phenoxy) is 1. The monoisotopic (exact) mass is 550 g/mol. The fourth-order valence-electron chi connectivity index (χ4n) is 5.77. The van der Waals surface area contributed by atoms with Crippen LogP contribution in [0.15, 0.2) is 78.9 Å². The number of hydrogen-bond acceptors (Lipinski definition) is 3. The molecule has 1 fully saturated rings. The zero-order chi connectivity index (χ0) is 28.3. The Morgan fingerprint density at radius 3 is 2.56 bits per heavy atom. The summed E-state index contributed by atoms with van der Waals surface area (Å²) in [4.78, 5) is 17.2. The minimum atomic E-state index is -0.720. The van der Waals surface area contributed by atoms with Gasteiger partial charge in [-0.3, -0.25) is 4.79 Å². The third kappa shape index (κ3) is 5.96. The third-order valence-electron chi connectivity index (χ3n) is 8.21. The molecule has 1 atom stereocenters. The molecular formula is C35H32F2N2O2. The zero-order valence-electron chi connectivity index (χ0n) is 23.1. The molecule has 0 aliphatic carbocycles. The van der Waals surface area contributed by atoms with Crippen molar-refractivity contribution in [3.05, 3.63) is 113 Å². The number of benzene rings is 4. The van der Waals surface area contributed by atoms with Crippen LogP contribution in [0.3, 0.4) is 0 Å². The fourth-order valence-corrected chi connectivity index (χ4v) is 5.77. The number of carbonyl (C=O) groups is 1. The Hall–Kier alpha value is -4.21. The van der Waals surface area contributed by atoms with Crippen molar-refractivity contribution in [2.45, 2.75) is 31.8 Å². The Balaban J connectivity index is 1.19. The maximum atomic E-state index is 14.9. The summed E-state index contributed by atoms with van der Waals surface area (Å²) in [6.45, 7) is 3.31. The van der Waals surface area contributed by atoms with Gasteiger partial charge in [-0.2, -0.15) is 0 Å². The lowest BCUT2D eigenvalue weighted by atomic mass is 9.98. The second-order valence-electron chi connectivity index (χ2n) is 11.1. The molecule has 0 aromatic heterocycles. The molecule has 208 valence electrons. The van der Waals surface area contributed by atoms with Crippen molar-refractivity contribution in [1.29, 1.82) is 0 Å². The van der Waals surface area contributed by atoms with Crippen LogP contribution in [0.25, 0.3) is 10.8 Å². The highest BCUT2D eigenvalue weighted by atomic mass is 19.1. The van der Waals surface area contributed by atoms with Gasteiger partial charge in [-0.15, -0.1) is 0 Å². The smallest absolute Gasteiger partial charge is 0.255 e. The van der Waals surface area contributed by atoms with Gasteiger partial charge in [0, 0.05) is 29.7 Å². The van der Waals surface area contributed by atoms with Gasteiger partial charge in [-0.25, -0.2) is 8.78 Å². The Morgan fingerprint density at radius 1 is 0.951 bits per heavy atom. The van der Waals surface area contributed by atoms with Crippen molar-refractivity contribution in [1.82, 2.24) is 9.80 Å². The van der Waals surface area contributed by atoms with E-state index < -0.39 is 17.7 Å². The predicted octanol–water partition coefficient (Wildman–Crippen LogP) is 6.98. The highest BCUT2D eigenvalue weighted by Gasteiger charge is 2.34. The fraction of sp³-hybridized carbons (Fsp3) is 0.286. The highest BCUT2D eigenvalue weighted by molar-refractivity contribution is 5.98. The van der Waals surface area contributed by atoms with Gasteiger partial charge in [-0.05, 0) is 104 Å². The molecule has 0 saturated carbocycles. The lowest BCUT2D eigenvalue weighted by molar-refractivity contribution is 0.0701. The van der Waals surface area contributed by atoms with Crippen molar-refractivity contribution in [2.75, 3.05) is 26.7 Å². The van der Waals surface area contributed by atoms with Crippen LogP contribution >= 0.6 is 0 Å². The topological polar surface area (TPSA) is 32.8 Å². The number of rotatable bonds is 6. The average Bonchev–Trinajstić information content (AvgIpc) is 3.32. The highest BCUT2D eigenvalue weighted by Crippen LogP contribution is 2.35. The van der Waals surface area contributed by atoms with E-state index in [1.807, 2.05) is 48.5 Å². The molecule has 2 aliphatic heterocycles. The minimum absolute atomic E-state index is 0.131. The first kappa shape index (κ1) is 27.0. The number of piperidine rings is 1. The van der Waals surface area contributed by atoms with E-state index in [2.05, 4.69) is 29.9 Å². The molecule has 0 bridgehead atoms. The number of likely N-dealkylation sites (tertiary alicyclic amines) is 1. The summed E-state index contributed by atoms with van der Waals surface area (Å²) in [5.41, 5.74) is 2.40. The predicted molar refractivity (Wildman–Crippen MR) is 157 cm³/mol. The van der Waals surface area contributed by atoms with Gasteiger partial charge in [0.05, 0.1) is 12.6 Å². The normalized spacial score (nSPS) is 16.4. The lowest BCUT2D eigenvalue weighted by Gasteiger charge is -2.28. The van der Waals surface area contributed by atoms with Crippen LogP contribution in [0.1, 0.15) is 52.4 Å². The number of amides is 1. The number of carbonyl (C=O) groups excluding carboxylic acids is 1. The van der Waals surface area contributed by atoms with Gasteiger partial charge in [0.25, 0.3) is 5.91 Å². The summed E-state index contributed by atoms with van der Waals surface area (Å²) in [6.07, 6.45) is 2.50. The molecule has 0 spiro atoms. The van der Waals surface area contributed by atoms with Crippen LogP contribution in [0.2, 0.25) is 0 Å². The molecule has 2 heterocycles. The van der Waals surface area contributed by atoms with Crippen LogP contribution in [0, 0.1) is 29.4 Å². The number of fused-ring (bicyclic) bond motifs is 2. The largest absolute Gasteiger partial charge is 0.493 e. The molecule has 1 amide bonds. The Labute approximate surface area is 239 Å². The molecule has 6 heteroatoms. The second-order valence-corrected chi connectivity index (χ2v) is 11.1. The zero-order valence-corrected chi connectivity index (χ0v) is 23.1. The molecule has 4 aromatic carbocycles. The first-order valence-corrected chi connectivity index (χ1v) is 14.1. The van der Waals surface area contributed by atoms with Crippen molar-refractivity contribution in [3.8, 4) is 17.6 Å². The van der Waals surface area contributed by atoms with Gasteiger partial charge in [0.15, 0.2) is 0 Å². The summed E-state index contributed by atoms with van der Waals surface area (Å²) in [7, 11) is 2.16. The molecule has 1 unspecified atom stereocenters. The Bertz CT molecular complexity index is 1650. The Kier molecular flexibility index (Phi) is 7.71. The van der Waals surface area contributed by atoms with Gasteiger partial charge >= 0.3 is 0 Å². The molecule has 41 heavy (non-hydrogen) atoms. The summed E-state index contributed by atoms with van der Waals surface area (Å²) >= 11 is 0. The molecule has 0 N–H and O–H groups in total. The van der Waals surface area contributed by atoms with E-state index in [1.54, 1.807) is 11.0 Å². The van der Waals surface area contributed by atoms with E-state index in [0.717, 1.165) is 72.3 Å². The van der Waals surface area contributed by atoms with Crippen LogP contribution < -0.4 is 4.74 Å². The van der Waals surface area contributed by atoms with Crippen LogP contribution in [0.5, 0.6) is 5.75 Å². The minimum Gasteiger partial charge on any atom is -0.493 e. The first-order valence-electron chi connectivity index (χ1n) is 14.1. The summed E-state index contributed by atoms with van der Waals surface area (Å²) in [6, 6.07) is 22.0. The first-order chi connectivity index (χ1) is 19.9. The van der Waals surface area contributed by atoms with Crippen molar-refractivity contribution >= 4 is 16.7 Å².